The smallest absolute Gasteiger partial charge is 0.321 e. The fourth-order valence-corrected chi connectivity index (χ4v) is 2.53. The first-order chi connectivity index (χ1) is 8.54. The first kappa shape index (κ1) is 13.4. The molecule has 0 bridgehead atoms. The molecule has 0 aliphatic carbocycles. The van der Waals surface area contributed by atoms with Gasteiger partial charge in [-0.15, -0.1) is 0 Å². The summed E-state index contributed by atoms with van der Waals surface area (Å²) in [6.07, 6.45) is 0. The number of amides is 2. The summed E-state index contributed by atoms with van der Waals surface area (Å²) in [6.45, 7) is 3.58. The van der Waals surface area contributed by atoms with Gasteiger partial charge in [0.05, 0.1) is 6.04 Å². The Bertz CT molecular complexity index is 464. The molecule has 2 rings (SSSR count). The van der Waals surface area contributed by atoms with Crippen molar-refractivity contribution in [2.45, 2.75) is 13.0 Å². The van der Waals surface area contributed by atoms with Crippen LogP contribution in [0.2, 0.25) is 0 Å². The van der Waals surface area contributed by atoms with E-state index >= 15 is 0 Å². The van der Waals surface area contributed by atoms with Gasteiger partial charge in [-0.25, -0.2) is 4.79 Å². The first-order valence-electron chi connectivity index (χ1n) is 5.99. The van der Waals surface area contributed by atoms with Crippen LogP contribution in [0.15, 0.2) is 22.7 Å². The minimum absolute atomic E-state index is 0.0611. The maximum atomic E-state index is 12.2. The lowest BCUT2D eigenvalue weighted by Gasteiger charge is -2.17. The molecule has 0 saturated carbocycles. The molecule has 1 aromatic rings. The fourth-order valence-electron chi connectivity index (χ4n) is 2.16. The molecule has 1 saturated heterocycles. The Labute approximate surface area is 116 Å². The number of carbonyl (C=O) groups is 1. The van der Waals surface area contributed by atoms with Crippen LogP contribution >= 0.6 is 15.9 Å². The van der Waals surface area contributed by atoms with Crippen molar-refractivity contribution in [1.82, 2.24) is 10.2 Å². The standard InChI is InChI=1S/C13H18BrN3O/c1-9-4-5-10(6-12(9)14)17-8-11(7-15-2)16(3)13(17)18/h4-6,11,15H,7-8H2,1-3H3. The molecule has 0 aromatic heterocycles. The van der Waals surface area contributed by atoms with Crippen LogP contribution in [0.1, 0.15) is 5.56 Å². The summed E-state index contributed by atoms with van der Waals surface area (Å²) in [7, 11) is 3.76. The molecule has 2 amide bonds. The van der Waals surface area contributed by atoms with Gasteiger partial charge in [0.1, 0.15) is 0 Å². The molecule has 0 spiro atoms. The van der Waals surface area contributed by atoms with Crippen molar-refractivity contribution in [1.29, 1.82) is 0 Å². The van der Waals surface area contributed by atoms with Crippen molar-refractivity contribution >= 4 is 27.6 Å². The van der Waals surface area contributed by atoms with E-state index in [0.717, 1.165) is 23.2 Å². The van der Waals surface area contributed by atoms with Gasteiger partial charge in [0.2, 0.25) is 0 Å². The minimum atomic E-state index is 0.0611. The lowest BCUT2D eigenvalue weighted by atomic mass is 10.2. The summed E-state index contributed by atoms with van der Waals surface area (Å²) in [5.41, 5.74) is 2.12. The van der Waals surface area contributed by atoms with E-state index in [4.69, 9.17) is 0 Å². The molecule has 1 atom stereocenters. The number of likely N-dealkylation sites (N-methyl/N-ethyl adjacent to an activating group) is 2. The van der Waals surface area contributed by atoms with Crippen LogP contribution in [0.25, 0.3) is 0 Å². The molecule has 1 N–H and O–H groups in total. The van der Waals surface area contributed by atoms with E-state index in [1.807, 2.05) is 44.1 Å². The van der Waals surface area contributed by atoms with Gasteiger partial charge in [-0.3, -0.25) is 4.90 Å². The van der Waals surface area contributed by atoms with E-state index in [1.54, 1.807) is 4.90 Å². The quantitative estimate of drug-likeness (QED) is 0.929. The number of rotatable bonds is 3. The SMILES string of the molecule is CNCC1CN(c2ccc(C)c(Br)c2)C(=O)N1C. The zero-order valence-electron chi connectivity index (χ0n) is 10.9. The second-order valence-electron chi connectivity index (χ2n) is 4.65. The lowest BCUT2D eigenvalue weighted by Crippen LogP contribution is -2.37. The van der Waals surface area contributed by atoms with Crippen LogP contribution in [0.3, 0.4) is 0 Å². The number of anilines is 1. The van der Waals surface area contributed by atoms with Gasteiger partial charge in [0.15, 0.2) is 0 Å². The van der Waals surface area contributed by atoms with Gasteiger partial charge in [0, 0.05) is 30.3 Å². The van der Waals surface area contributed by atoms with Crippen LogP contribution in [0.5, 0.6) is 0 Å². The number of hydrogen-bond acceptors (Lipinski definition) is 2. The van der Waals surface area contributed by atoms with Crippen molar-refractivity contribution in [3.63, 3.8) is 0 Å². The van der Waals surface area contributed by atoms with Gasteiger partial charge in [-0.05, 0) is 31.7 Å². The summed E-state index contributed by atoms with van der Waals surface area (Å²) >= 11 is 3.51. The highest BCUT2D eigenvalue weighted by Gasteiger charge is 2.34. The van der Waals surface area contributed by atoms with E-state index in [1.165, 1.54) is 5.56 Å². The Kier molecular flexibility index (Phi) is 3.92. The van der Waals surface area contributed by atoms with Crippen molar-refractivity contribution in [3.05, 3.63) is 28.2 Å². The Hall–Kier alpha value is -1.07. The molecule has 18 heavy (non-hydrogen) atoms. The zero-order valence-corrected chi connectivity index (χ0v) is 12.5. The van der Waals surface area contributed by atoms with Crippen LogP contribution in [0.4, 0.5) is 10.5 Å². The number of halogens is 1. The number of nitrogens with one attached hydrogen (secondary N) is 1. The fraction of sp³-hybridized carbons (Fsp3) is 0.462. The predicted molar refractivity (Wildman–Crippen MR) is 77.1 cm³/mol. The molecule has 1 fully saturated rings. The van der Waals surface area contributed by atoms with Crippen molar-refractivity contribution in [2.75, 3.05) is 32.1 Å². The molecule has 1 heterocycles. The molecular weight excluding hydrogens is 294 g/mol. The molecule has 98 valence electrons. The number of nitrogens with zero attached hydrogens (tertiary/aromatic N) is 2. The van der Waals surface area contributed by atoms with E-state index in [9.17, 15) is 4.79 Å². The molecule has 1 aliphatic heterocycles. The Balaban J connectivity index is 2.23. The third kappa shape index (κ3) is 2.37. The summed E-state index contributed by atoms with van der Waals surface area (Å²) in [6, 6.07) is 6.31. The lowest BCUT2D eigenvalue weighted by molar-refractivity contribution is 0.218. The number of hydrogen-bond donors (Lipinski definition) is 1. The molecule has 0 radical (unpaired) electrons. The number of aryl methyl sites for hydroxylation is 1. The van der Waals surface area contributed by atoms with Crippen LogP contribution in [-0.4, -0.2) is 44.2 Å². The van der Waals surface area contributed by atoms with Gasteiger partial charge < -0.3 is 10.2 Å². The van der Waals surface area contributed by atoms with Gasteiger partial charge in [-0.1, -0.05) is 22.0 Å². The molecule has 1 unspecified atom stereocenters. The second kappa shape index (κ2) is 5.28. The summed E-state index contributed by atoms with van der Waals surface area (Å²) in [4.78, 5) is 15.8. The number of benzene rings is 1. The maximum Gasteiger partial charge on any atom is 0.324 e. The van der Waals surface area contributed by atoms with Crippen molar-refractivity contribution in [2.24, 2.45) is 0 Å². The normalized spacial score (nSPS) is 19.8. The van der Waals surface area contributed by atoms with Crippen molar-refractivity contribution < 1.29 is 4.79 Å². The van der Waals surface area contributed by atoms with Gasteiger partial charge >= 0.3 is 6.03 Å². The Morgan fingerprint density at radius 2 is 2.22 bits per heavy atom. The highest BCUT2D eigenvalue weighted by Crippen LogP contribution is 2.27. The van der Waals surface area contributed by atoms with E-state index in [2.05, 4.69) is 21.2 Å². The molecule has 1 aliphatic rings. The topological polar surface area (TPSA) is 35.6 Å². The molecular formula is C13H18BrN3O. The number of carbonyl (C=O) groups excluding carboxylic acids is 1. The van der Waals surface area contributed by atoms with Gasteiger partial charge in [0.25, 0.3) is 0 Å². The largest absolute Gasteiger partial charge is 0.324 e. The Morgan fingerprint density at radius 3 is 2.83 bits per heavy atom. The van der Waals surface area contributed by atoms with E-state index in [-0.39, 0.29) is 12.1 Å². The Morgan fingerprint density at radius 1 is 1.50 bits per heavy atom. The monoisotopic (exact) mass is 311 g/mol. The summed E-state index contributed by atoms with van der Waals surface area (Å²) in [5, 5.41) is 3.12. The zero-order chi connectivity index (χ0) is 13.3. The minimum Gasteiger partial charge on any atom is -0.321 e. The van der Waals surface area contributed by atoms with Crippen LogP contribution < -0.4 is 10.2 Å². The second-order valence-corrected chi connectivity index (χ2v) is 5.50. The first-order valence-corrected chi connectivity index (χ1v) is 6.79. The molecule has 1 aromatic carbocycles. The third-order valence-corrected chi connectivity index (χ3v) is 4.23. The highest BCUT2D eigenvalue weighted by atomic mass is 79.9. The third-order valence-electron chi connectivity index (χ3n) is 3.38. The average Bonchev–Trinajstić information content (AvgIpc) is 2.62. The highest BCUT2D eigenvalue weighted by molar-refractivity contribution is 9.10. The number of urea groups is 1. The van der Waals surface area contributed by atoms with Crippen LogP contribution in [-0.2, 0) is 0 Å². The summed E-state index contributed by atoms with van der Waals surface area (Å²) in [5.74, 6) is 0. The average molecular weight is 312 g/mol. The molecule has 4 nitrogen and oxygen atoms in total. The predicted octanol–water partition coefficient (Wildman–Crippen LogP) is 2.22. The van der Waals surface area contributed by atoms with Crippen LogP contribution in [0, 0.1) is 6.92 Å². The van der Waals surface area contributed by atoms with E-state index in [0.29, 0.717) is 0 Å². The van der Waals surface area contributed by atoms with Crippen molar-refractivity contribution in [3.8, 4) is 0 Å². The van der Waals surface area contributed by atoms with Gasteiger partial charge in [-0.2, -0.15) is 0 Å². The molecule has 5 heteroatoms. The summed E-state index contributed by atoms with van der Waals surface area (Å²) < 4.78 is 1.03. The maximum absolute atomic E-state index is 12.2. The van der Waals surface area contributed by atoms with E-state index < -0.39 is 0 Å².